The number of hydrogen-bond donors (Lipinski definition) is 0. The van der Waals surface area contributed by atoms with Gasteiger partial charge in [-0.3, -0.25) is 4.79 Å². The fourth-order valence-electron chi connectivity index (χ4n) is 4.04. The van der Waals surface area contributed by atoms with Gasteiger partial charge in [0.2, 0.25) is 5.91 Å². The molecule has 1 amide bonds. The monoisotopic (exact) mass is 388 g/mol. The molecule has 0 N–H and O–H groups in total. The van der Waals surface area contributed by atoms with Crippen LogP contribution in [-0.2, 0) is 19.7 Å². The predicted octanol–water partition coefficient (Wildman–Crippen LogP) is -0.172. The highest BCUT2D eigenvalue weighted by Crippen LogP contribution is 2.22. The molecule has 0 aliphatic carbocycles. The number of morpholine rings is 1. The number of hydrogen-bond acceptors (Lipinski definition) is 5. The van der Waals surface area contributed by atoms with Crippen molar-refractivity contribution in [3.8, 4) is 0 Å². The first-order valence-electron chi connectivity index (χ1n) is 9.72. The molecule has 3 heterocycles. The van der Waals surface area contributed by atoms with Crippen molar-refractivity contribution in [3.63, 3.8) is 0 Å². The van der Waals surface area contributed by atoms with Gasteiger partial charge < -0.3 is 14.5 Å². The first-order chi connectivity index (χ1) is 12.4. The maximum atomic E-state index is 12.7. The van der Waals surface area contributed by atoms with Gasteiger partial charge in [-0.05, 0) is 26.2 Å². The topological polar surface area (TPSA) is 73.4 Å². The second-order valence-corrected chi connectivity index (χ2v) is 9.69. The quantitative estimate of drug-likeness (QED) is 0.654. The third-order valence-corrected chi connectivity index (χ3v) is 7.67. The molecular weight excluding hydrogens is 356 g/mol. The summed E-state index contributed by atoms with van der Waals surface area (Å²) in [6.45, 7) is 10.4. The Morgan fingerprint density at radius 1 is 1.04 bits per heavy atom. The van der Waals surface area contributed by atoms with Gasteiger partial charge in [0.1, 0.15) is 0 Å². The van der Waals surface area contributed by atoms with Crippen LogP contribution in [0.1, 0.15) is 26.7 Å². The van der Waals surface area contributed by atoms with Gasteiger partial charge in [0, 0.05) is 64.8 Å². The Kier molecular flexibility index (Phi) is 6.55. The second-order valence-electron chi connectivity index (χ2n) is 7.76. The highest BCUT2D eigenvalue weighted by molar-refractivity contribution is 7.86. The molecule has 1 unspecified atom stereocenters. The molecule has 0 aromatic heterocycles. The van der Waals surface area contributed by atoms with Crippen LogP contribution in [0.25, 0.3) is 0 Å². The third kappa shape index (κ3) is 4.56. The first-order valence-corrected chi connectivity index (χ1v) is 11.1. The molecule has 8 nitrogen and oxygen atoms in total. The van der Waals surface area contributed by atoms with E-state index in [0.717, 1.165) is 32.6 Å². The lowest BCUT2D eigenvalue weighted by Crippen LogP contribution is -2.56. The minimum absolute atomic E-state index is 0.251. The fraction of sp³-hybridized carbons (Fsp3) is 0.941. The molecule has 26 heavy (non-hydrogen) atoms. The highest BCUT2D eigenvalue weighted by Gasteiger charge is 2.34. The van der Waals surface area contributed by atoms with Crippen LogP contribution in [0.3, 0.4) is 0 Å². The minimum atomic E-state index is -3.36. The summed E-state index contributed by atoms with van der Waals surface area (Å²) in [6.07, 6.45) is 1.57. The van der Waals surface area contributed by atoms with Gasteiger partial charge >= 0.3 is 0 Å². The number of piperazine rings is 1. The lowest BCUT2D eigenvalue weighted by atomic mass is 9.95. The summed E-state index contributed by atoms with van der Waals surface area (Å²) in [5, 5.41) is 0. The zero-order valence-corrected chi connectivity index (χ0v) is 16.8. The molecule has 0 radical (unpaired) electrons. The maximum absolute atomic E-state index is 12.7. The Balaban J connectivity index is 1.48. The normalized spacial score (nSPS) is 28.0. The van der Waals surface area contributed by atoms with Crippen LogP contribution in [0, 0.1) is 5.92 Å². The SMILES string of the molecule is CC(C)N1CC(CN2CCN(S(=O)(=O)N3CCOCC3)CC2)CCC1=O. The van der Waals surface area contributed by atoms with Gasteiger partial charge in [-0.25, -0.2) is 0 Å². The van der Waals surface area contributed by atoms with Crippen LogP contribution < -0.4 is 0 Å². The summed E-state index contributed by atoms with van der Waals surface area (Å²) >= 11 is 0. The summed E-state index contributed by atoms with van der Waals surface area (Å²) < 4.78 is 33.9. The van der Waals surface area contributed by atoms with Crippen LogP contribution in [0.4, 0.5) is 0 Å². The standard InChI is InChI=1S/C17H32N4O4S/c1-15(2)21-14-16(3-4-17(21)22)13-18-5-7-19(8-6-18)26(23,24)20-9-11-25-12-10-20/h15-16H,3-14H2,1-2H3. The molecule has 150 valence electrons. The average Bonchev–Trinajstić information content (AvgIpc) is 2.64. The van der Waals surface area contributed by atoms with Gasteiger partial charge in [-0.1, -0.05) is 0 Å². The molecule has 3 fully saturated rings. The lowest BCUT2D eigenvalue weighted by Gasteiger charge is -2.41. The Morgan fingerprint density at radius 3 is 2.27 bits per heavy atom. The summed E-state index contributed by atoms with van der Waals surface area (Å²) in [5.74, 6) is 0.746. The second kappa shape index (κ2) is 8.52. The van der Waals surface area contributed by atoms with E-state index in [4.69, 9.17) is 4.74 Å². The molecule has 1 atom stereocenters. The Hall–Kier alpha value is -0.740. The van der Waals surface area contributed by atoms with Gasteiger partial charge in [0.15, 0.2) is 0 Å². The lowest BCUT2D eigenvalue weighted by molar-refractivity contribution is -0.137. The molecule has 9 heteroatoms. The van der Waals surface area contributed by atoms with E-state index in [2.05, 4.69) is 18.7 Å². The maximum Gasteiger partial charge on any atom is 0.282 e. The Morgan fingerprint density at radius 2 is 1.65 bits per heavy atom. The zero-order valence-electron chi connectivity index (χ0n) is 16.0. The molecule has 3 saturated heterocycles. The number of piperidine rings is 1. The summed E-state index contributed by atoms with van der Waals surface area (Å²) in [4.78, 5) is 16.3. The van der Waals surface area contributed by atoms with E-state index < -0.39 is 10.2 Å². The number of rotatable bonds is 5. The first kappa shape index (κ1) is 20.0. The van der Waals surface area contributed by atoms with Crippen LogP contribution in [0.2, 0.25) is 0 Å². The van der Waals surface area contributed by atoms with E-state index in [1.165, 1.54) is 0 Å². The van der Waals surface area contributed by atoms with E-state index in [9.17, 15) is 13.2 Å². The van der Waals surface area contributed by atoms with Crippen molar-refractivity contribution >= 4 is 16.1 Å². The summed E-state index contributed by atoms with van der Waals surface area (Å²) in [7, 11) is -3.36. The number of nitrogens with zero attached hydrogens (tertiary/aromatic N) is 4. The van der Waals surface area contributed by atoms with E-state index in [0.29, 0.717) is 51.7 Å². The van der Waals surface area contributed by atoms with Gasteiger partial charge in [0.25, 0.3) is 10.2 Å². The van der Waals surface area contributed by atoms with Crippen molar-refractivity contribution in [1.29, 1.82) is 0 Å². The number of carbonyl (C=O) groups excluding carboxylic acids is 1. The van der Waals surface area contributed by atoms with E-state index in [1.807, 2.05) is 4.90 Å². The van der Waals surface area contributed by atoms with Crippen molar-refractivity contribution in [2.24, 2.45) is 5.92 Å². The van der Waals surface area contributed by atoms with Crippen molar-refractivity contribution in [1.82, 2.24) is 18.4 Å². The predicted molar refractivity (Wildman–Crippen MR) is 98.9 cm³/mol. The Labute approximate surface area is 157 Å². The van der Waals surface area contributed by atoms with E-state index >= 15 is 0 Å². The van der Waals surface area contributed by atoms with Gasteiger partial charge in [0.05, 0.1) is 13.2 Å². The zero-order chi connectivity index (χ0) is 18.7. The number of amides is 1. The van der Waals surface area contributed by atoms with Crippen molar-refractivity contribution < 1.29 is 17.9 Å². The summed E-state index contributed by atoms with van der Waals surface area (Å²) in [6, 6.07) is 0.251. The van der Waals surface area contributed by atoms with Crippen LogP contribution in [0.5, 0.6) is 0 Å². The minimum Gasteiger partial charge on any atom is -0.379 e. The molecule has 0 spiro atoms. The molecule has 3 rings (SSSR count). The number of carbonyl (C=O) groups is 1. The van der Waals surface area contributed by atoms with E-state index in [-0.39, 0.29) is 11.9 Å². The van der Waals surface area contributed by atoms with Crippen molar-refractivity contribution in [3.05, 3.63) is 0 Å². The molecule has 0 aromatic carbocycles. The van der Waals surface area contributed by atoms with E-state index in [1.54, 1.807) is 8.61 Å². The fourth-order valence-corrected chi connectivity index (χ4v) is 5.60. The van der Waals surface area contributed by atoms with Crippen LogP contribution in [-0.4, -0.2) is 104 Å². The number of likely N-dealkylation sites (tertiary alicyclic amines) is 1. The van der Waals surface area contributed by atoms with Gasteiger partial charge in [-0.2, -0.15) is 17.0 Å². The molecule has 3 aliphatic heterocycles. The molecule has 0 bridgehead atoms. The highest BCUT2D eigenvalue weighted by atomic mass is 32.2. The largest absolute Gasteiger partial charge is 0.379 e. The number of ether oxygens (including phenoxy) is 1. The summed E-state index contributed by atoms with van der Waals surface area (Å²) in [5.41, 5.74) is 0. The molecule has 0 aromatic rings. The third-order valence-electron chi connectivity index (χ3n) is 5.64. The smallest absolute Gasteiger partial charge is 0.282 e. The van der Waals surface area contributed by atoms with Crippen molar-refractivity contribution in [2.75, 3.05) is 65.6 Å². The molecule has 3 aliphatic rings. The van der Waals surface area contributed by atoms with Gasteiger partial charge in [-0.15, -0.1) is 0 Å². The Bertz CT molecular complexity index is 584. The van der Waals surface area contributed by atoms with Crippen LogP contribution >= 0.6 is 0 Å². The van der Waals surface area contributed by atoms with Crippen LogP contribution in [0.15, 0.2) is 0 Å². The molecular formula is C17H32N4O4S. The van der Waals surface area contributed by atoms with Crippen molar-refractivity contribution in [2.45, 2.75) is 32.7 Å². The average molecular weight is 389 g/mol. The molecule has 0 saturated carbocycles.